The fourth-order valence-corrected chi connectivity index (χ4v) is 1.40. The van der Waals surface area contributed by atoms with E-state index in [1.54, 1.807) is 0 Å². The van der Waals surface area contributed by atoms with Crippen LogP contribution in [0, 0.1) is 5.92 Å². The molecule has 0 atom stereocenters. The highest BCUT2D eigenvalue weighted by Crippen LogP contribution is 2.28. The molecule has 66 valence electrons. The molecule has 2 heteroatoms. The van der Waals surface area contributed by atoms with Crippen LogP contribution in [0.2, 0.25) is 0 Å². The Kier molecular flexibility index (Phi) is 4.51. The number of halogens is 1. The molecule has 1 N–H and O–H groups in total. The topological polar surface area (TPSA) is 12.0 Å². The maximum Gasteiger partial charge on any atom is 0.0906 e. The van der Waals surface area contributed by atoms with Crippen LogP contribution in [0.25, 0.3) is 0 Å². The van der Waals surface area contributed by atoms with E-state index in [4.69, 9.17) is 0 Å². The lowest BCUT2D eigenvalue weighted by atomic mass is 9.83. The fraction of sp³-hybridized carbons (Fsp3) is 1.00. The lowest BCUT2D eigenvalue weighted by Gasteiger charge is -2.25. The quantitative estimate of drug-likeness (QED) is 0.585. The van der Waals surface area contributed by atoms with Gasteiger partial charge in [-0.3, -0.25) is 4.39 Å². The minimum atomic E-state index is -0.184. The Morgan fingerprint density at radius 1 is 1.27 bits per heavy atom. The molecule has 11 heavy (non-hydrogen) atoms. The van der Waals surface area contributed by atoms with Gasteiger partial charge in [0.25, 0.3) is 0 Å². The van der Waals surface area contributed by atoms with Crippen LogP contribution in [0.5, 0.6) is 0 Å². The second-order valence-electron chi connectivity index (χ2n) is 3.38. The first-order valence-electron chi connectivity index (χ1n) is 4.70. The molecule has 0 radical (unpaired) electrons. The Balaban J connectivity index is 1.73. The van der Waals surface area contributed by atoms with Gasteiger partial charge in [0.15, 0.2) is 0 Å². The lowest BCUT2D eigenvalue weighted by Crippen LogP contribution is -2.22. The van der Waals surface area contributed by atoms with E-state index in [9.17, 15) is 4.39 Å². The zero-order valence-electron chi connectivity index (χ0n) is 7.11. The van der Waals surface area contributed by atoms with E-state index in [1.807, 2.05) is 0 Å². The third-order valence-electron chi connectivity index (χ3n) is 2.44. The zero-order chi connectivity index (χ0) is 7.94. The molecule has 0 aromatic carbocycles. The predicted molar refractivity (Wildman–Crippen MR) is 45.4 cm³/mol. The van der Waals surface area contributed by atoms with E-state index in [-0.39, 0.29) is 6.67 Å². The highest BCUT2D eigenvalue weighted by atomic mass is 19.1. The van der Waals surface area contributed by atoms with Crippen molar-refractivity contribution in [1.82, 2.24) is 5.32 Å². The number of nitrogens with one attached hydrogen (secondary N) is 1. The lowest BCUT2D eigenvalue weighted by molar-refractivity contribution is 0.291. The number of alkyl halides is 1. The van der Waals surface area contributed by atoms with Gasteiger partial charge in [-0.1, -0.05) is 19.3 Å². The Bertz CT molecular complexity index is 91.6. The molecular formula is C9H18FN. The first kappa shape index (κ1) is 8.98. The molecule has 1 aliphatic rings. The van der Waals surface area contributed by atoms with Gasteiger partial charge < -0.3 is 5.32 Å². The van der Waals surface area contributed by atoms with Gasteiger partial charge in [0, 0.05) is 0 Å². The van der Waals surface area contributed by atoms with Crippen molar-refractivity contribution in [2.75, 3.05) is 19.8 Å². The SMILES string of the molecule is FCCCNCCC1CCC1. The first-order chi connectivity index (χ1) is 5.43. The number of rotatable bonds is 6. The molecule has 0 unspecified atom stereocenters. The summed E-state index contributed by atoms with van der Waals surface area (Å²) in [5.74, 6) is 0.980. The molecule has 0 aliphatic heterocycles. The molecule has 0 heterocycles. The van der Waals surface area contributed by atoms with E-state index >= 15 is 0 Å². The Hall–Kier alpha value is -0.110. The van der Waals surface area contributed by atoms with Crippen LogP contribution in [0.15, 0.2) is 0 Å². The molecule has 1 fully saturated rings. The van der Waals surface area contributed by atoms with E-state index in [1.165, 1.54) is 25.7 Å². The van der Waals surface area contributed by atoms with Gasteiger partial charge in [0.1, 0.15) is 0 Å². The molecule has 1 saturated carbocycles. The molecule has 1 nitrogen and oxygen atoms in total. The van der Waals surface area contributed by atoms with Crippen LogP contribution in [0.1, 0.15) is 32.1 Å². The molecule has 0 amide bonds. The number of hydrogen-bond donors (Lipinski definition) is 1. The van der Waals surface area contributed by atoms with Crippen molar-refractivity contribution in [3.8, 4) is 0 Å². The van der Waals surface area contributed by atoms with Crippen LogP contribution < -0.4 is 5.32 Å². The second-order valence-corrected chi connectivity index (χ2v) is 3.38. The Morgan fingerprint density at radius 3 is 2.64 bits per heavy atom. The van der Waals surface area contributed by atoms with Gasteiger partial charge in [-0.25, -0.2) is 0 Å². The molecule has 0 spiro atoms. The third kappa shape index (κ3) is 3.71. The standard InChI is InChI=1S/C9H18FN/c10-6-2-7-11-8-5-9-3-1-4-9/h9,11H,1-8H2. The van der Waals surface area contributed by atoms with Crippen molar-refractivity contribution in [2.45, 2.75) is 32.1 Å². The predicted octanol–water partition coefficient (Wildman–Crippen LogP) is 2.13. The van der Waals surface area contributed by atoms with Crippen LogP contribution in [-0.2, 0) is 0 Å². The first-order valence-corrected chi connectivity index (χ1v) is 4.70. The van der Waals surface area contributed by atoms with Gasteiger partial charge in [-0.05, 0) is 31.8 Å². The van der Waals surface area contributed by atoms with Crippen molar-refractivity contribution in [3.63, 3.8) is 0 Å². The number of hydrogen-bond acceptors (Lipinski definition) is 1. The molecule has 1 rings (SSSR count). The highest BCUT2D eigenvalue weighted by molar-refractivity contribution is 4.69. The zero-order valence-corrected chi connectivity index (χ0v) is 7.11. The summed E-state index contributed by atoms with van der Waals surface area (Å²) < 4.78 is 11.6. The Labute approximate surface area is 68.4 Å². The van der Waals surface area contributed by atoms with Crippen LogP contribution >= 0.6 is 0 Å². The van der Waals surface area contributed by atoms with E-state index in [0.717, 1.165) is 19.0 Å². The van der Waals surface area contributed by atoms with Gasteiger partial charge in [0.05, 0.1) is 6.67 Å². The highest BCUT2D eigenvalue weighted by Gasteiger charge is 2.15. The third-order valence-corrected chi connectivity index (χ3v) is 2.44. The smallest absolute Gasteiger partial charge is 0.0906 e. The Morgan fingerprint density at radius 2 is 2.09 bits per heavy atom. The van der Waals surface area contributed by atoms with Crippen molar-refractivity contribution in [3.05, 3.63) is 0 Å². The van der Waals surface area contributed by atoms with E-state index in [2.05, 4.69) is 5.32 Å². The molecular weight excluding hydrogens is 141 g/mol. The fourth-order valence-electron chi connectivity index (χ4n) is 1.40. The van der Waals surface area contributed by atoms with Gasteiger partial charge in [-0.2, -0.15) is 0 Å². The van der Waals surface area contributed by atoms with Crippen molar-refractivity contribution in [2.24, 2.45) is 5.92 Å². The summed E-state index contributed by atoms with van der Waals surface area (Å²) in [5, 5.41) is 3.25. The molecule has 0 bridgehead atoms. The minimum absolute atomic E-state index is 0.184. The monoisotopic (exact) mass is 159 g/mol. The summed E-state index contributed by atoms with van der Waals surface area (Å²) in [6, 6.07) is 0. The van der Waals surface area contributed by atoms with E-state index < -0.39 is 0 Å². The maximum atomic E-state index is 11.6. The molecule has 0 aromatic rings. The summed E-state index contributed by atoms with van der Waals surface area (Å²) in [7, 11) is 0. The average Bonchev–Trinajstić information content (AvgIpc) is 1.93. The van der Waals surface area contributed by atoms with Gasteiger partial charge in [-0.15, -0.1) is 0 Å². The normalized spacial score (nSPS) is 18.3. The molecule has 0 aromatic heterocycles. The maximum absolute atomic E-state index is 11.6. The van der Waals surface area contributed by atoms with Crippen molar-refractivity contribution >= 4 is 0 Å². The second kappa shape index (κ2) is 5.53. The minimum Gasteiger partial charge on any atom is -0.317 e. The van der Waals surface area contributed by atoms with Crippen LogP contribution in [-0.4, -0.2) is 19.8 Å². The summed E-state index contributed by atoms with van der Waals surface area (Å²) in [5.41, 5.74) is 0. The summed E-state index contributed by atoms with van der Waals surface area (Å²) in [6.45, 7) is 1.75. The summed E-state index contributed by atoms with van der Waals surface area (Å²) >= 11 is 0. The van der Waals surface area contributed by atoms with Crippen LogP contribution in [0.3, 0.4) is 0 Å². The largest absolute Gasteiger partial charge is 0.317 e. The van der Waals surface area contributed by atoms with Gasteiger partial charge >= 0.3 is 0 Å². The van der Waals surface area contributed by atoms with E-state index in [0.29, 0.717) is 6.42 Å². The van der Waals surface area contributed by atoms with Gasteiger partial charge in [0.2, 0.25) is 0 Å². The summed E-state index contributed by atoms with van der Waals surface area (Å²) in [4.78, 5) is 0. The van der Waals surface area contributed by atoms with Crippen molar-refractivity contribution < 1.29 is 4.39 Å². The molecule has 0 saturated heterocycles. The average molecular weight is 159 g/mol. The molecule has 1 aliphatic carbocycles. The van der Waals surface area contributed by atoms with Crippen molar-refractivity contribution in [1.29, 1.82) is 0 Å². The van der Waals surface area contributed by atoms with Crippen LogP contribution in [0.4, 0.5) is 4.39 Å². The summed E-state index contributed by atoms with van der Waals surface area (Å²) in [6.07, 6.45) is 6.24.